The van der Waals surface area contributed by atoms with Gasteiger partial charge in [0, 0.05) is 26.8 Å². The molecule has 0 aliphatic heterocycles. The Morgan fingerprint density at radius 2 is 1.90 bits per heavy atom. The van der Waals surface area contributed by atoms with Crippen LogP contribution in [0.2, 0.25) is 5.02 Å². The molecule has 1 heterocycles. The molecule has 2 aromatic carbocycles. The predicted octanol–water partition coefficient (Wildman–Crippen LogP) is 4.59. The van der Waals surface area contributed by atoms with Crippen LogP contribution in [-0.2, 0) is 7.05 Å². The van der Waals surface area contributed by atoms with Crippen molar-refractivity contribution in [3.63, 3.8) is 0 Å². The quantitative estimate of drug-likeness (QED) is 0.629. The number of hydrogen-bond acceptors (Lipinski definition) is 2. The van der Waals surface area contributed by atoms with Crippen molar-refractivity contribution in [3.05, 3.63) is 57.1 Å². The minimum absolute atomic E-state index is 0.608. The first-order valence-corrected chi connectivity index (χ1v) is 7.87. The molecule has 0 unspecified atom stereocenters. The van der Waals surface area contributed by atoms with Crippen LogP contribution in [0, 0.1) is 3.57 Å². The summed E-state index contributed by atoms with van der Waals surface area (Å²) in [6.07, 6.45) is 0. The summed E-state index contributed by atoms with van der Waals surface area (Å²) in [7, 11) is 1.84. The number of anilines is 1. The normalized spacial score (nSPS) is 10.8. The third kappa shape index (κ3) is 2.65. The number of nitrogens with zero attached hydrogens (tertiary/aromatic N) is 2. The van der Waals surface area contributed by atoms with E-state index in [-0.39, 0.29) is 0 Å². The molecule has 0 amide bonds. The van der Waals surface area contributed by atoms with E-state index in [0.717, 1.165) is 26.0 Å². The van der Waals surface area contributed by atoms with Gasteiger partial charge in [-0.3, -0.25) is 4.68 Å². The maximum absolute atomic E-state index is 6.34. The Labute approximate surface area is 141 Å². The summed E-state index contributed by atoms with van der Waals surface area (Å²) in [4.78, 5) is 0. The van der Waals surface area contributed by atoms with E-state index >= 15 is 0 Å². The number of nitrogens with two attached hydrogens (primary N) is 1. The number of nitrogen functional groups attached to an aromatic ring is 1. The minimum Gasteiger partial charge on any atom is -0.383 e. The second kappa shape index (κ2) is 5.69. The van der Waals surface area contributed by atoms with Crippen LogP contribution >= 0.6 is 34.2 Å². The monoisotopic (exact) mass is 409 g/mol. The zero-order valence-electron chi connectivity index (χ0n) is 11.3. The molecule has 0 aliphatic rings. The lowest BCUT2D eigenvalue weighted by molar-refractivity contribution is 0.782. The van der Waals surface area contributed by atoms with Crippen LogP contribution in [0.3, 0.4) is 0 Å². The lowest BCUT2D eigenvalue weighted by atomic mass is 10.0. The van der Waals surface area contributed by atoms with Crippen LogP contribution in [0.4, 0.5) is 5.82 Å². The molecule has 2 N–H and O–H groups in total. The van der Waals surface area contributed by atoms with Gasteiger partial charge in [-0.1, -0.05) is 41.9 Å². The van der Waals surface area contributed by atoms with E-state index in [2.05, 4.69) is 33.8 Å². The first kappa shape index (κ1) is 14.4. The fourth-order valence-corrected chi connectivity index (χ4v) is 3.08. The van der Waals surface area contributed by atoms with E-state index in [4.69, 9.17) is 17.3 Å². The summed E-state index contributed by atoms with van der Waals surface area (Å²) in [5.74, 6) is 0.608. The molecule has 3 rings (SSSR count). The Hall–Kier alpha value is -1.53. The number of aryl methyl sites for hydroxylation is 1. The van der Waals surface area contributed by atoms with Crippen LogP contribution in [0.5, 0.6) is 0 Å². The standard InChI is InChI=1S/C16H13ClIN3/c1-21-16(19)14(12-7-2-3-8-13(12)17)15(20-21)10-5-4-6-11(18)9-10/h2-9H,19H2,1H3. The Kier molecular flexibility index (Phi) is 3.91. The van der Waals surface area contributed by atoms with Gasteiger partial charge in [0.1, 0.15) is 11.5 Å². The van der Waals surface area contributed by atoms with E-state index in [1.165, 1.54) is 0 Å². The molecular weight excluding hydrogens is 397 g/mol. The highest BCUT2D eigenvalue weighted by molar-refractivity contribution is 14.1. The SMILES string of the molecule is Cn1nc(-c2cccc(I)c2)c(-c2ccccc2Cl)c1N. The van der Waals surface area contributed by atoms with E-state index in [0.29, 0.717) is 10.8 Å². The fourth-order valence-electron chi connectivity index (χ4n) is 2.30. The van der Waals surface area contributed by atoms with Crippen molar-refractivity contribution in [3.8, 4) is 22.4 Å². The summed E-state index contributed by atoms with van der Waals surface area (Å²) < 4.78 is 2.84. The van der Waals surface area contributed by atoms with E-state index < -0.39 is 0 Å². The zero-order valence-corrected chi connectivity index (χ0v) is 14.3. The molecule has 1 aromatic heterocycles. The molecule has 21 heavy (non-hydrogen) atoms. The topological polar surface area (TPSA) is 43.8 Å². The van der Waals surface area contributed by atoms with Crippen molar-refractivity contribution < 1.29 is 0 Å². The Bertz CT molecular complexity index is 811. The molecule has 0 spiro atoms. The van der Waals surface area contributed by atoms with Crippen LogP contribution < -0.4 is 5.73 Å². The van der Waals surface area contributed by atoms with Gasteiger partial charge in [0.05, 0.1) is 5.56 Å². The molecule has 3 nitrogen and oxygen atoms in total. The van der Waals surface area contributed by atoms with Crippen LogP contribution in [-0.4, -0.2) is 9.78 Å². The maximum Gasteiger partial charge on any atom is 0.129 e. The summed E-state index contributed by atoms with van der Waals surface area (Å²) in [6.45, 7) is 0. The molecule has 0 aliphatic carbocycles. The molecule has 0 fully saturated rings. The molecule has 0 radical (unpaired) electrons. The van der Waals surface area contributed by atoms with Gasteiger partial charge in [-0.2, -0.15) is 5.10 Å². The number of halogens is 2. The van der Waals surface area contributed by atoms with Crippen molar-refractivity contribution in [2.45, 2.75) is 0 Å². The molecule has 0 atom stereocenters. The van der Waals surface area contributed by atoms with Gasteiger partial charge in [0.2, 0.25) is 0 Å². The van der Waals surface area contributed by atoms with Gasteiger partial charge in [-0.15, -0.1) is 0 Å². The second-order valence-corrected chi connectivity index (χ2v) is 6.38. The first-order valence-electron chi connectivity index (χ1n) is 6.41. The Morgan fingerprint density at radius 3 is 2.62 bits per heavy atom. The average molecular weight is 410 g/mol. The van der Waals surface area contributed by atoms with E-state index in [9.17, 15) is 0 Å². The summed E-state index contributed by atoms with van der Waals surface area (Å²) in [5.41, 5.74) is 9.88. The fraction of sp³-hybridized carbons (Fsp3) is 0.0625. The largest absolute Gasteiger partial charge is 0.383 e. The third-order valence-corrected chi connectivity index (χ3v) is 4.33. The van der Waals surface area contributed by atoms with Crippen LogP contribution in [0.1, 0.15) is 0 Å². The van der Waals surface area contributed by atoms with Gasteiger partial charge in [0.25, 0.3) is 0 Å². The smallest absolute Gasteiger partial charge is 0.129 e. The molecule has 0 saturated heterocycles. The molecule has 106 valence electrons. The van der Waals surface area contributed by atoms with Crippen LogP contribution in [0.15, 0.2) is 48.5 Å². The van der Waals surface area contributed by atoms with E-state index in [1.54, 1.807) is 4.68 Å². The molecule has 0 saturated carbocycles. The zero-order chi connectivity index (χ0) is 15.0. The van der Waals surface area contributed by atoms with Crippen molar-refractivity contribution in [2.24, 2.45) is 7.05 Å². The highest BCUT2D eigenvalue weighted by Gasteiger charge is 2.19. The van der Waals surface area contributed by atoms with Gasteiger partial charge in [-0.25, -0.2) is 0 Å². The highest BCUT2D eigenvalue weighted by atomic mass is 127. The van der Waals surface area contributed by atoms with Crippen LogP contribution in [0.25, 0.3) is 22.4 Å². The molecule has 5 heteroatoms. The third-order valence-electron chi connectivity index (χ3n) is 3.33. The Morgan fingerprint density at radius 1 is 1.14 bits per heavy atom. The van der Waals surface area contributed by atoms with Crippen molar-refractivity contribution >= 4 is 40.0 Å². The molecular formula is C16H13ClIN3. The summed E-state index contributed by atoms with van der Waals surface area (Å²) in [5, 5.41) is 5.24. The lowest BCUT2D eigenvalue weighted by Gasteiger charge is -2.07. The number of hydrogen-bond donors (Lipinski definition) is 1. The maximum atomic E-state index is 6.34. The highest BCUT2D eigenvalue weighted by Crippen LogP contribution is 2.39. The second-order valence-electron chi connectivity index (χ2n) is 4.72. The van der Waals surface area contributed by atoms with Crippen molar-refractivity contribution in [1.82, 2.24) is 9.78 Å². The number of aromatic nitrogens is 2. The molecule has 3 aromatic rings. The molecule has 0 bridgehead atoms. The van der Waals surface area contributed by atoms with Crippen molar-refractivity contribution in [2.75, 3.05) is 5.73 Å². The van der Waals surface area contributed by atoms with Gasteiger partial charge < -0.3 is 5.73 Å². The summed E-state index contributed by atoms with van der Waals surface area (Å²) in [6, 6.07) is 15.9. The number of benzene rings is 2. The van der Waals surface area contributed by atoms with Gasteiger partial charge >= 0.3 is 0 Å². The summed E-state index contributed by atoms with van der Waals surface area (Å²) >= 11 is 8.63. The number of rotatable bonds is 2. The van der Waals surface area contributed by atoms with E-state index in [1.807, 2.05) is 49.5 Å². The average Bonchev–Trinajstić information content (AvgIpc) is 2.76. The van der Waals surface area contributed by atoms with Gasteiger partial charge in [0.15, 0.2) is 0 Å². The Balaban J connectivity index is 2.29. The van der Waals surface area contributed by atoms with Crippen molar-refractivity contribution in [1.29, 1.82) is 0 Å². The predicted molar refractivity (Wildman–Crippen MR) is 96.2 cm³/mol. The van der Waals surface area contributed by atoms with Gasteiger partial charge in [-0.05, 0) is 40.8 Å². The minimum atomic E-state index is 0.608. The lowest BCUT2D eigenvalue weighted by Crippen LogP contribution is -1.98. The first-order chi connectivity index (χ1) is 10.1.